The number of rotatable bonds is 5. The van der Waals surface area contributed by atoms with Gasteiger partial charge < -0.3 is 4.74 Å². The lowest BCUT2D eigenvalue weighted by atomic mass is 10.2. The van der Waals surface area contributed by atoms with Gasteiger partial charge in [0.1, 0.15) is 5.52 Å². The van der Waals surface area contributed by atoms with Crippen molar-refractivity contribution in [3.8, 4) is 0 Å². The highest BCUT2D eigenvalue weighted by atomic mass is 35.5. The standard InChI is InChI=1S/C19H17ClN2O2S2/c20-15-6-1-7-16-18(15)21-19(26-16)22(12-13-4-2-10-24-13)17(23)9-8-14-5-3-11-25-14/h1,3,5-9,11,13H,2,4,10,12H2/b9-8+. The van der Waals surface area contributed by atoms with Gasteiger partial charge in [-0.3, -0.25) is 9.69 Å². The summed E-state index contributed by atoms with van der Waals surface area (Å²) in [6, 6.07) is 9.63. The number of aromatic nitrogens is 1. The number of ether oxygens (including phenoxy) is 1. The molecule has 4 nitrogen and oxygen atoms in total. The Kier molecular flexibility index (Phi) is 5.36. The predicted molar refractivity (Wildman–Crippen MR) is 109 cm³/mol. The summed E-state index contributed by atoms with van der Waals surface area (Å²) < 4.78 is 6.71. The highest BCUT2D eigenvalue weighted by molar-refractivity contribution is 7.22. The maximum atomic E-state index is 12.9. The quantitative estimate of drug-likeness (QED) is 0.546. The van der Waals surface area contributed by atoms with E-state index in [-0.39, 0.29) is 12.0 Å². The van der Waals surface area contributed by atoms with E-state index in [9.17, 15) is 4.79 Å². The van der Waals surface area contributed by atoms with Gasteiger partial charge in [0.25, 0.3) is 5.91 Å². The van der Waals surface area contributed by atoms with Crippen molar-refractivity contribution >= 4 is 61.6 Å². The largest absolute Gasteiger partial charge is 0.376 e. The van der Waals surface area contributed by atoms with E-state index < -0.39 is 0 Å². The van der Waals surface area contributed by atoms with Gasteiger partial charge in [-0.1, -0.05) is 35.1 Å². The van der Waals surface area contributed by atoms with Gasteiger partial charge in [-0.2, -0.15) is 0 Å². The molecule has 0 spiro atoms. The Morgan fingerprint density at radius 1 is 1.38 bits per heavy atom. The van der Waals surface area contributed by atoms with Crippen LogP contribution < -0.4 is 4.90 Å². The summed E-state index contributed by atoms with van der Waals surface area (Å²) in [6.45, 7) is 1.26. The van der Waals surface area contributed by atoms with E-state index in [0.717, 1.165) is 34.5 Å². The van der Waals surface area contributed by atoms with Gasteiger partial charge in [-0.25, -0.2) is 4.98 Å². The van der Waals surface area contributed by atoms with E-state index in [2.05, 4.69) is 4.98 Å². The van der Waals surface area contributed by atoms with Gasteiger partial charge in [0.2, 0.25) is 0 Å². The molecule has 1 aliphatic heterocycles. The smallest absolute Gasteiger partial charge is 0.252 e. The third-order valence-electron chi connectivity index (χ3n) is 4.20. The molecule has 1 saturated heterocycles. The van der Waals surface area contributed by atoms with Crippen molar-refractivity contribution in [2.24, 2.45) is 0 Å². The molecule has 1 fully saturated rings. The number of carbonyl (C=O) groups is 1. The molecule has 0 radical (unpaired) electrons. The molecular weight excluding hydrogens is 388 g/mol. The average molecular weight is 405 g/mol. The molecule has 1 amide bonds. The second kappa shape index (κ2) is 7.88. The number of anilines is 1. The van der Waals surface area contributed by atoms with Crippen molar-refractivity contribution in [2.45, 2.75) is 18.9 Å². The summed E-state index contributed by atoms with van der Waals surface area (Å²) in [5, 5.41) is 3.25. The number of thiazole rings is 1. The van der Waals surface area contributed by atoms with Gasteiger partial charge in [0.15, 0.2) is 5.13 Å². The van der Waals surface area contributed by atoms with Gasteiger partial charge in [-0.15, -0.1) is 11.3 Å². The lowest BCUT2D eigenvalue weighted by Gasteiger charge is -2.21. The van der Waals surface area contributed by atoms with Crippen LogP contribution >= 0.6 is 34.3 Å². The second-order valence-corrected chi connectivity index (χ2v) is 8.41. The zero-order chi connectivity index (χ0) is 17.9. The molecule has 1 aliphatic rings. The SMILES string of the molecule is O=C(/C=C/c1cccs1)N(CC1CCCO1)c1nc2c(Cl)cccc2s1. The molecule has 3 aromatic rings. The summed E-state index contributed by atoms with van der Waals surface area (Å²) in [5.41, 5.74) is 0.738. The second-order valence-electron chi connectivity index (χ2n) is 6.02. The van der Waals surface area contributed by atoms with Crippen LogP contribution in [0.5, 0.6) is 0 Å². The molecule has 1 atom stereocenters. The molecule has 0 N–H and O–H groups in total. The van der Waals surface area contributed by atoms with Crippen molar-refractivity contribution in [3.63, 3.8) is 0 Å². The highest BCUT2D eigenvalue weighted by Gasteiger charge is 2.25. The number of halogens is 1. The first-order valence-electron chi connectivity index (χ1n) is 8.40. The summed E-state index contributed by atoms with van der Waals surface area (Å²) in [4.78, 5) is 20.3. The van der Waals surface area contributed by atoms with Crippen LogP contribution in [0.25, 0.3) is 16.3 Å². The van der Waals surface area contributed by atoms with Gasteiger partial charge in [-0.05, 0) is 42.5 Å². The van der Waals surface area contributed by atoms with Crippen LogP contribution in [0.4, 0.5) is 5.13 Å². The fourth-order valence-electron chi connectivity index (χ4n) is 2.90. The van der Waals surface area contributed by atoms with Crippen molar-refractivity contribution in [1.29, 1.82) is 0 Å². The van der Waals surface area contributed by atoms with E-state index in [1.54, 1.807) is 22.3 Å². The molecular formula is C19H17ClN2O2S2. The number of thiophene rings is 1. The molecule has 4 rings (SSSR count). The third kappa shape index (κ3) is 3.83. The maximum absolute atomic E-state index is 12.9. The molecule has 7 heteroatoms. The number of amides is 1. The van der Waals surface area contributed by atoms with Crippen LogP contribution in [0.3, 0.4) is 0 Å². The highest BCUT2D eigenvalue weighted by Crippen LogP contribution is 2.33. The summed E-state index contributed by atoms with van der Waals surface area (Å²) in [5.74, 6) is -0.0934. The first-order valence-corrected chi connectivity index (χ1v) is 10.5. The van der Waals surface area contributed by atoms with Crippen LogP contribution in [-0.4, -0.2) is 30.1 Å². The van der Waals surface area contributed by atoms with Gasteiger partial charge >= 0.3 is 0 Å². The van der Waals surface area contributed by atoms with Crippen LogP contribution in [0.1, 0.15) is 17.7 Å². The zero-order valence-electron chi connectivity index (χ0n) is 13.9. The Hall–Kier alpha value is -1.73. The number of benzene rings is 1. The molecule has 1 aromatic carbocycles. The first kappa shape index (κ1) is 17.7. The van der Waals surface area contributed by atoms with E-state index in [4.69, 9.17) is 16.3 Å². The van der Waals surface area contributed by atoms with Crippen LogP contribution in [0.15, 0.2) is 41.8 Å². The minimum absolute atomic E-state index is 0.0524. The molecule has 0 bridgehead atoms. The maximum Gasteiger partial charge on any atom is 0.252 e. The first-order chi connectivity index (χ1) is 12.7. The third-order valence-corrected chi connectivity index (χ3v) is 6.39. The number of fused-ring (bicyclic) bond motifs is 1. The normalized spacial score (nSPS) is 17.3. The van der Waals surface area contributed by atoms with Crippen LogP contribution in [0.2, 0.25) is 5.02 Å². The average Bonchev–Trinajstić information content (AvgIpc) is 3.39. The molecule has 26 heavy (non-hydrogen) atoms. The topological polar surface area (TPSA) is 42.4 Å². The monoisotopic (exact) mass is 404 g/mol. The van der Waals surface area contributed by atoms with E-state index >= 15 is 0 Å². The van der Waals surface area contributed by atoms with E-state index in [0.29, 0.717) is 16.7 Å². The Labute approximate surface area is 164 Å². The summed E-state index contributed by atoms with van der Waals surface area (Å²) in [6.07, 6.45) is 5.49. The molecule has 134 valence electrons. The zero-order valence-corrected chi connectivity index (χ0v) is 16.3. The van der Waals surface area contributed by atoms with Crippen molar-refractivity contribution in [1.82, 2.24) is 4.98 Å². The van der Waals surface area contributed by atoms with Crippen LogP contribution in [-0.2, 0) is 9.53 Å². The Morgan fingerprint density at radius 3 is 3.04 bits per heavy atom. The van der Waals surface area contributed by atoms with Crippen molar-refractivity contribution in [3.05, 3.63) is 51.7 Å². The number of carbonyl (C=O) groups excluding carboxylic acids is 1. The molecule has 1 unspecified atom stereocenters. The van der Waals surface area contributed by atoms with Gasteiger partial charge in [0.05, 0.1) is 22.4 Å². The van der Waals surface area contributed by atoms with Crippen LogP contribution in [0, 0.1) is 0 Å². The Balaban J connectivity index is 1.64. The fourth-order valence-corrected chi connectivity index (χ4v) is 4.80. The van der Waals surface area contributed by atoms with E-state index in [1.807, 2.05) is 41.8 Å². The van der Waals surface area contributed by atoms with Crippen molar-refractivity contribution < 1.29 is 9.53 Å². The lowest BCUT2D eigenvalue weighted by Crippen LogP contribution is -2.36. The molecule has 0 saturated carbocycles. The summed E-state index contributed by atoms with van der Waals surface area (Å²) >= 11 is 9.33. The lowest BCUT2D eigenvalue weighted by molar-refractivity contribution is -0.114. The van der Waals surface area contributed by atoms with E-state index in [1.165, 1.54) is 11.3 Å². The number of hydrogen-bond acceptors (Lipinski definition) is 5. The van der Waals surface area contributed by atoms with Crippen molar-refractivity contribution in [2.75, 3.05) is 18.1 Å². The molecule has 0 aliphatic carbocycles. The number of nitrogens with zero attached hydrogens (tertiary/aromatic N) is 2. The Bertz CT molecular complexity index is 930. The molecule has 2 aromatic heterocycles. The molecule has 3 heterocycles. The fraction of sp³-hybridized carbons (Fsp3) is 0.263. The summed E-state index contributed by atoms with van der Waals surface area (Å²) in [7, 11) is 0. The minimum Gasteiger partial charge on any atom is -0.376 e. The Morgan fingerprint density at radius 2 is 2.31 bits per heavy atom. The number of hydrogen-bond donors (Lipinski definition) is 0. The minimum atomic E-state index is -0.0934. The van der Waals surface area contributed by atoms with Gasteiger partial charge in [0, 0.05) is 17.6 Å². The predicted octanol–water partition coefficient (Wildman–Crippen LogP) is 5.24. The number of para-hydroxylation sites is 1.